The number of nitrogens with zero attached hydrogens (tertiary/aromatic N) is 2. The first-order valence-electron chi connectivity index (χ1n) is 9.92. The summed E-state index contributed by atoms with van der Waals surface area (Å²) in [4.78, 5) is 44.0. The average molecular weight is 466 g/mol. The van der Waals surface area contributed by atoms with E-state index < -0.39 is 35.3 Å². The Kier molecular flexibility index (Phi) is 5.82. The summed E-state index contributed by atoms with van der Waals surface area (Å²) >= 11 is 0.922. The molecule has 1 aliphatic heterocycles. The van der Waals surface area contributed by atoms with E-state index >= 15 is 0 Å². The van der Waals surface area contributed by atoms with Gasteiger partial charge in [-0.3, -0.25) is 14.5 Å². The van der Waals surface area contributed by atoms with Gasteiger partial charge in [-0.05, 0) is 43.7 Å². The van der Waals surface area contributed by atoms with Crippen molar-refractivity contribution in [2.75, 3.05) is 12.0 Å². The molecule has 0 aliphatic carbocycles. The standard InChI is InChI=1S/C24H19FN2O5S/c1-12-4-6-14(7-5-12)18-17(19(28)15-8-10-16(25)11-9-15)20(29)22(30)27(18)24-26-13(2)21(33-24)23(31)32-3/h4-11,18,28H,1-3H3/b19-17+/t18-/m1/s1. The molecule has 0 bridgehead atoms. The van der Waals surface area contributed by atoms with Gasteiger partial charge >= 0.3 is 11.9 Å². The second-order valence-electron chi connectivity index (χ2n) is 7.49. The van der Waals surface area contributed by atoms with Gasteiger partial charge in [-0.1, -0.05) is 41.2 Å². The lowest BCUT2D eigenvalue weighted by Crippen LogP contribution is -2.29. The van der Waals surface area contributed by atoms with Crippen LogP contribution in [0.5, 0.6) is 0 Å². The number of halogens is 1. The first kappa shape index (κ1) is 22.3. The van der Waals surface area contributed by atoms with Crippen molar-refractivity contribution in [1.29, 1.82) is 0 Å². The van der Waals surface area contributed by atoms with Gasteiger partial charge in [0.05, 0.1) is 24.4 Å². The fourth-order valence-electron chi connectivity index (χ4n) is 3.62. The van der Waals surface area contributed by atoms with Crippen LogP contribution in [-0.4, -0.2) is 34.9 Å². The van der Waals surface area contributed by atoms with Crippen molar-refractivity contribution in [1.82, 2.24) is 4.98 Å². The van der Waals surface area contributed by atoms with E-state index in [1.165, 1.54) is 24.1 Å². The molecule has 0 unspecified atom stereocenters. The predicted molar refractivity (Wildman–Crippen MR) is 121 cm³/mol. The summed E-state index contributed by atoms with van der Waals surface area (Å²) < 4.78 is 18.2. The topological polar surface area (TPSA) is 96.8 Å². The molecule has 0 radical (unpaired) electrons. The molecule has 4 rings (SSSR count). The van der Waals surface area contributed by atoms with Crippen molar-refractivity contribution >= 4 is 39.9 Å². The van der Waals surface area contributed by atoms with Gasteiger partial charge in [0.1, 0.15) is 16.5 Å². The van der Waals surface area contributed by atoms with Gasteiger partial charge in [-0.15, -0.1) is 0 Å². The van der Waals surface area contributed by atoms with Crippen LogP contribution in [0.2, 0.25) is 0 Å². The van der Waals surface area contributed by atoms with E-state index in [2.05, 4.69) is 4.98 Å². The summed E-state index contributed by atoms with van der Waals surface area (Å²) in [6.07, 6.45) is 0. The Bertz CT molecular complexity index is 1300. The second-order valence-corrected chi connectivity index (χ2v) is 8.47. The molecule has 1 saturated heterocycles. The lowest BCUT2D eigenvalue weighted by Gasteiger charge is -2.23. The molecule has 7 nitrogen and oxygen atoms in total. The van der Waals surface area contributed by atoms with E-state index in [4.69, 9.17) is 4.74 Å². The molecule has 1 amide bonds. The zero-order valence-electron chi connectivity index (χ0n) is 18.0. The Balaban J connectivity index is 1.93. The van der Waals surface area contributed by atoms with Crippen molar-refractivity contribution in [2.45, 2.75) is 19.9 Å². The van der Waals surface area contributed by atoms with Crippen LogP contribution >= 0.6 is 11.3 Å². The Morgan fingerprint density at radius 2 is 1.73 bits per heavy atom. The number of hydrogen-bond acceptors (Lipinski definition) is 7. The predicted octanol–water partition coefficient (Wildman–Crippen LogP) is 4.31. The van der Waals surface area contributed by atoms with Crippen LogP contribution in [0.3, 0.4) is 0 Å². The molecule has 1 aliphatic rings. The third kappa shape index (κ3) is 3.91. The molecule has 2 aromatic carbocycles. The number of amides is 1. The summed E-state index contributed by atoms with van der Waals surface area (Å²) in [6.45, 7) is 3.49. The molecule has 0 saturated carbocycles. The highest BCUT2D eigenvalue weighted by atomic mass is 32.1. The number of thiazole rings is 1. The number of anilines is 1. The summed E-state index contributed by atoms with van der Waals surface area (Å²) in [5.41, 5.74) is 1.92. The van der Waals surface area contributed by atoms with E-state index in [1.54, 1.807) is 19.1 Å². The van der Waals surface area contributed by atoms with E-state index in [9.17, 15) is 23.9 Å². The lowest BCUT2D eigenvalue weighted by molar-refractivity contribution is -0.132. The average Bonchev–Trinajstić information content (AvgIpc) is 3.31. The fraction of sp³-hybridized carbons (Fsp3) is 0.167. The number of carbonyl (C=O) groups is 3. The van der Waals surface area contributed by atoms with E-state index in [0.29, 0.717) is 11.3 Å². The number of Topliss-reactive ketones (excluding diaryl/α,β-unsaturated/α-hetero) is 1. The molecule has 1 aromatic heterocycles. The number of carbonyl (C=O) groups excluding carboxylic acids is 3. The van der Waals surface area contributed by atoms with Crippen LogP contribution in [0.4, 0.5) is 9.52 Å². The normalized spacial score (nSPS) is 17.5. The highest BCUT2D eigenvalue weighted by molar-refractivity contribution is 7.17. The number of rotatable bonds is 4. The van der Waals surface area contributed by atoms with Crippen LogP contribution in [0, 0.1) is 19.7 Å². The van der Waals surface area contributed by atoms with Gasteiger partial charge in [-0.2, -0.15) is 0 Å². The summed E-state index contributed by atoms with van der Waals surface area (Å²) in [7, 11) is 1.24. The summed E-state index contributed by atoms with van der Waals surface area (Å²) in [5.74, 6) is -3.34. The number of aromatic nitrogens is 1. The van der Waals surface area contributed by atoms with Gasteiger partial charge in [0.2, 0.25) is 0 Å². The SMILES string of the molecule is COC(=O)c1sc(N2C(=O)C(=O)/C(=C(/O)c3ccc(F)cc3)[C@H]2c2ccc(C)cc2)nc1C. The zero-order chi connectivity index (χ0) is 23.9. The molecule has 1 fully saturated rings. The summed E-state index contributed by atoms with van der Waals surface area (Å²) in [6, 6.07) is 11.1. The number of aryl methyl sites for hydroxylation is 2. The maximum Gasteiger partial charge on any atom is 0.350 e. The van der Waals surface area contributed by atoms with Crippen molar-refractivity contribution < 1.29 is 28.6 Å². The number of esters is 1. The molecular weight excluding hydrogens is 447 g/mol. The molecule has 33 heavy (non-hydrogen) atoms. The van der Waals surface area contributed by atoms with Crippen molar-refractivity contribution in [3.05, 3.63) is 87.2 Å². The lowest BCUT2D eigenvalue weighted by atomic mass is 9.95. The molecular formula is C24H19FN2O5S. The van der Waals surface area contributed by atoms with Gasteiger partial charge in [0, 0.05) is 5.56 Å². The molecule has 9 heteroatoms. The van der Waals surface area contributed by atoms with Crippen LogP contribution in [-0.2, 0) is 14.3 Å². The quantitative estimate of drug-likeness (QED) is 0.266. The number of aliphatic hydroxyl groups excluding tert-OH is 1. The molecule has 1 atom stereocenters. The molecule has 0 spiro atoms. The molecule has 1 N–H and O–H groups in total. The van der Waals surface area contributed by atoms with Gasteiger partial charge in [-0.25, -0.2) is 14.2 Å². The first-order chi connectivity index (χ1) is 15.7. The number of methoxy groups -OCH3 is 1. The van der Waals surface area contributed by atoms with E-state index in [-0.39, 0.29) is 21.1 Å². The van der Waals surface area contributed by atoms with Gasteiger partial charge < -0.3 is 9.84 Å². The molecule has 2 heterocycles. The zero-order valence-corrected chi connectivity index (χ0v) is 18.8. The Morgan fingerprint density at radius 3 is 2.33 bits per heavy atom. The second kappa shape index (κ2) is 8.59. The van der Waals surface area contributed by atoms with Gasteiger partial charge in [0.15, 0.2) is 5.13 Å². The maximum absolute atomic E-state index is 13.4. The summed E-state index contributed by atoms with van der Waals surface area (Å²) in [5, 5.41) is 11.1. The Hall–Kier alpha value is -3.85. The first-order valence-corrected chi connectivity index (χ1v) is 10.7. The minimum atomic E-state index is -0.994. The largest absolute Gasteiger partial charge is 0.507 e. The van der Waals surface area contributed by atoms with Gasteiger partial charge in [0.25, 0.3) is 5.78 Å². The highest BCUT2D eigenvalue weighted by Gasteiger charge is 2.48. The molecule has 3 aromatic rings. The molecule has 168 valence electrons. The maximum atomic E-state index is 13.4. The van der Waals surface area contributed by atoms with E-state index in [1.807, 2.05) is 19.1 Å². The smallest absolute Gasteiger partial charge is 0.350 e. The number of aliphatic hydroxyl groups is 1. The van der Waals surface area contributed by atoms with Crippen LogP contribution in [0.25, 0.3) is 5.76 Å². The van der Waals surface area contributed by atoms with Crippen molar-refractivity contribution in [3.63, 3.8) is 0 Å². The van der Waals surface area contributed by atoms with Crippen LogP contribution in [0.15, 0.2) is 54.1 Å². The minimum absolute atomic E-state index is 0.124. The third-order valence-corrected chi connectivity index (χ3v) is 6.45. The third-order valence-electron chi connectivity index (χ3n) is 5.32. The minimum Gasteiger partial charge on any atom is -0.507 e. The van der Waals surface area contributed by atoms with Crippen molar-refractivity contribution in [3.8, 4) is 0 Å². The van der Waals surface area contributed by atoms with E-state index in [0.717, 1.165) is 29.0 Å². The number of ether oxygens (including phenoxy) is 1. The van der Waals surface area contributed by atoms with Crippen LogP contribution in [0.1, 0.15) is 38.1 Å². The number of ketones is 1. The Labute approximate surface area is 192 Å². The number of hydrogen-bond donors (Lipinski definition) is 1. The Morgan fingerprint density at radius 1 is 1.09 bits per heavy atom. The van der Waals surface area contributed by atoms with Crippen molar-refractivity contribution in [2.24, 2.45) is 0 Å². The highest BCUT2D eigenvalue weighted by Crippen LogP contribution is 2.43. The van der Waals surface area contributed by atoms with Crippen LogP contribution < -0.4 is 4.90 Å². The number of benzene rings is 2. The fourth-order valence-corrected chi connectivity index (χ4v) is 4.64. The monoisotopic (exact) mass is 466 g/mol.